The van der Waals surface area contributed by atoms with E-state index in [2.05, 4.69) is 0 Å². The second kappa shape index (κ2) is 3.24. The lowest BCUT2D eigenvalue weighted by atomic mass is 10.3. The quantitative estimate of drug-likeness (QED) is 0.714. The van der Waals surface area contributed by atoms with Gasteiger partial charge in [0.25, 0.3) is 0 Å². The minimum absolute atomic E-state index is 0.225. The second-order valence-electron chi connectivity index (χ2n) is 3.11. The lowest BCUT2D eigenvalue weighted by Crippen LogP contribution is -1.98. The number of hydrogen-bond donors (Lipinski definition) is 0. The standard InChI is InChI=1S/C10H11FO2/c1-12-8-4-5-10(9(11)6-8)13-7-2-3-7/h4-7H,2-3H2,1H3. The number of ether oxygens (including phenoxy) is 2. The summed E-state index contributed by atoms with van der Waals surface area (Å²) in [6.07, 6.45) is 2.29. The molecule has 0 radical (unpaired) electrons. The van der Waals surface area contributed by atoms with Gasteiger partial charge in [0.2, 0.25) is 0 Å². The summed E-state index contributed by atoms with van der Waals surface area (Å²) in [5.41, 5.74) is 0. The van der Waals surface area contributed by atoms with Crippen LogP contribution in [-0.4, -0.2) is 13.2 Å². The molecule has 13 heavy (non-hydrogen) atoms. The van der Waals surface area contributed by atoms with Crippen molar-refractivity contribution in [2.45, 2.75) is 18.9 Å². The first-order valence-electron chi connectivity index (χ1n) is 4.30. The maximum Gasteiger partial charge on any atom is 0.168 e. The Morgan fingerprint density at radius 2 is 2.15 bits per heavy atom. The summed E-state index contributed by atoms with van der Waals surface area (Å²) >= 11 is 0. The van der Waals surface area contributed by atoms with E-state index >= 15 is 0 Å². The van der Waals surface area contributed by atoms with Gasteiger partial charge in [0.15, 0.2) is 11.6 Å². The van der Waals surface area contributed by atoms with E-state index in [0.717, 1.165) is 12.8 Å². The predicted molar refractivity (Wildman–Crippen MR) is 46.6 cm³/mol. The molecule has 1 fully saturated rings. The van der Waals surface area contributed by atoms with Crippen molar-refractivity contribution >= 4 is 0 Å². The topological polar surface area (TPSA) is 18.5 Å². The monoisotopic (exact) mass is 182 g/mol. The van der Waals surface area contributed by atoms with Crippen molar-refractivity contribution in [1.29, 1.82) is 0 Å². The molecule has 0 aromatic heterocycles. The molecule has 1 aliphatic carbocycles. The van der Waals surface area contributed by atoms with Crippen LogP contribution in [0.3, 0.4) is 0 Å². The highest BCUT2D eigenvalue weighted by Crippen LogP contribution is 2.30. The Morgan fingerprint density at radius 1 is 1.38 bits per heavy atom. The third-order valence-corrected chi connectivity index (χ3v) is 1.96. The number of benzene rings is 1. The summed E-state index contributed by atoms with van der Waals surface area (Å²) in [6, 6.07) is 4.63. The van der Waals surface area contributed by atoms with Crippen molar-refractivity contribution in [2.75, 3.05) is 7.11 Å². The molecule has 3 heteroatoms. The third kappa shape index (κ3) is 1.91. The average molecular weight is 182 g/mol. The zero-order valence-electron chi connectivity index (χ0n) is 7.42. The van der Waals surface area contributed by atoms with E-state index in [4.69, 9.17) is 9.47 Å². The zero-order valence-corrected chi connectivity index (χ0v) is 7.42. The molecule has 0 aliphatic heterocycles. The normalized spacial score (nSPS) is 15.5. The van der Waals surface area contributed by atoms with E-state index in [0.29, 0.717) is 11.5 Å². The van der Waals surface area contributed by atoms with Crippen molar-refractivity contribution in [1.82, 2.24) is 0 Å². The van der Waals surface area contributed by atoms with Gasteiger partial charge in [0, 0.05) is 6.07 Å². The van der Waals surface area contributed by atoms with Crippen LogP contribution in [0.2, 0.25) is 0 Å². The fourth-order valence-electron chi connectivity index (χ4n) is 1.07. The van der Waals surface area contributed by atoms with Crippen LogP contribution >= 0.6 is 0 Å². The van der Waals surface area contributed by atoms with Crippen LogP contribution < -0.4 is 9.47 Å². The molecule has 2 rings (SSSR count). The molecule has 2 nitrogen and oxygen atoms in total. The summed E-state index contributed by atoms with van der Waals surface area (Å²) in [6.45, 7) is 0. The highest BCUT2D eigenvalue weighted by atomic mass is 19.1. The van der Waals surface area contributed by atoms with E-state index in [1.54, 1.807) is 12.1 Å². The Labute approximate surface area is 76.3 Å². The second-order valence-corrected chi connectivity index (χ2v) is 3.11. The van der Waals surface area contributed by atoms with Crippen molar-refractivity contribution < 1.29 is 13.9 Å². The van der Waals surface area contributed by atoms with Crippen LogP contribution in [-0.2, 0) is 0 Å². The Bertz CT molecular complexity index is 308. The van der Waals surface area contributed by atoms with E-state index in [1.165, 1.54) is 13.2 Å². The Morgan fingerprint density at radius 3 is 2.69 bits per heavy atom. The Kier molecular flexibility index (Phi) is 2.08. The molecular formula is C10H11FO2. The number of methoxy groups -OCH3 is 1. The zero-order chi connectivity index (χ0) is 9.26. The highest BCUT2D eigenvalue weighted by molar-refractivity contribution is 5.33. The Hall–Kier alpha value is -1.25. The third-order valence-electron chi connectivity index (χ3n) is 1.96. The molecule has 1 aromatic carbocycles. The highest BCUT2D eigenvalue weighted by Gasteiger charge is 2.24. The first kappa shape index (κ1) is 8.35. The predicted octanol–water partition coefficient (Wildman–Crippen LogP) is 2.38. The first-order chi connectivity index (χ1) is 6.29. The lowest BCUT2D eigenvalue weighted by molar-refractivity contribution is 0.286. The van der Waals surface area contributed by atoms with Gasteiger partial charge < -0.3 is 9.47 Å². The van der Waals surface area contributed by atoms with E-state index in [9.17, 15) is 4.39 Å². The molecule has 1 aromatic rings. The molecular weight excluding hydrogens is 171 g/mol. The molecule has 0 spiro atoms. The van der Waals surface area contributed by atoms with E-state index in [-0.39, 0.29) is 11.9 Å². The molecule has 0 amide bonds. The molecule has 0 N–H and O–H groups in total. The van der Waals surface area contributed by atoms with Crippen molar-refractivity contribution in [3.8, 4) is 11.5 Å². The first-order valence-corrected chi connectivity index (χ1v) is 4.30. The SMILES string of the molecule is COc1ccc(OC2CC2)c(F)c1. The van der Waals surface area contributed by atoms with Crippen LogP contribution in [0.15, 0.2) is 18.2 Å². The van der Waals surface area contributed by atoms with Crippen LogP contribution in [0.25, 0.3) is 0 Å². The van der Waals surface area contributed by atoms with Crippen LogP contribution in [0.5, 0.6) is 11.5 Å². The van der Waals surface area contributed by atoms with Crippen LogP contribution in [0, 0.1) is 5.82 Å². The molecule has 70 valence electrons. The average Bonchev–Trinajstić information content (AvgIpc) is 2.92. The molecule has 0 atom stereocenters. The summed E-state index contributed by atoms with van der Waals surface area (Å²) in [7, 11) is 1.51. The van der Waals surface area contributed by atoms with Gasteiger partial charge in [0.1, 0.15) is 5.75 Å². The van der Waals surface area contributed by atoms with E-state index in [1.807, 2.05) is 0 Å². The van der Waals surface area contributed by atoms with Gasteiger partial charge in [-0.05, 0) is 25.0 Å². The van der Waals surface area contributed by atoms with Crippen molar-refractivity contribution in [3.05, 3.63) is 24.0 Å². The van der Waals surface area contributed by atoms with E-state index < -0.39 is 0 Å². The van der Waals surface area contributed by atoms with Gasteiger partial charge in [-0.25, -0.2) is 4.39 Å². The maximum atomic E-state index is 13.2. The summed E-state index contributed by atoms with van der Waals surface area (Å²) < 4.78 is 23.4. The van der Waals surface area contributed by atoms with Gasteiger partial charge in [-0.2, -0.15) is 0 Å². The van der Waals surface area contributed by atoms with Crippen molar-refractivity contribution in [2.24, 2.45) is 0 Å². The minimum Gasteiger partial charge on any atom is -0.497 e. The largest absolute Gasteiger partial charge is 0.497 e. The smallest absolute Gasteiger partial charge is 0.168 e. The number of hydrogen-bond acceptors (Lipinski definition) is 2. The molecule has 1 aliphatic rings. The van der Waals surface area contributed by atoms with Crippen LogP contribution in [0.1, 0.15) is 12.8 Å². The molecule has 0 bridgehead atoms. The number of rotatable bonds is 3. The minimum atomic E-state index is -0.355. The Balaban J connectivity index is 2.15. The summed E-state index contributed by atoms with van der Waals surface area (Å²) in [5.74, 6) is 0.482. The van der Waals surface area contributed by atoms with Gasteiger partial charge in [0.05, 0.1) is 13.2 Å². The summed E-state index contributed by atoms with van der Waals surface area (Å²) in [5, 5.41) is 0. The summed E-state index contributed by atoms with van der Waals surface area (Å²) in [4.78, 5) is 0. The lowest BCUT2D eigenvalue weighted by Gasteiger charge is -2.06. The van der Waals surface area contributed by atoms with Gasteiger partial charge in [-0.3, -0.25) is 0 Å². The van der Waals surface area contributed by atoms with Gasteiger partial charge in [-0.1, -0.05) is 0 Å². The fourth-order valence-corrected chi connectivity index (χ4v) is 1.07. The molecule has 0 unspecified atom stereocenters. The number of halogens is 1. The molecule has 0 heterocycles. The fraction of sp³-hybridized carbons (Fsp3) is 0.400. The van der Waals surface area contributed by atoms with Gasteiger partial charge in [-0.15, -0.1) is 0 Å². The molecule has 0 saturated heterocycles. The van der Waals surface area contributed by atoms with Crippen molar-refractivity contribution in [3.63, 3.8) is 0 Å². The maximum absolute atomic E-state index is 13.2. The van der Waals surface area contributed by atoms with Crippen LogP contribution in [0.4, 0.5) is 4.39 Å². The molecule has 1 saturated carbocycles. The van der Waals surface area contributed by atoms with Gasteiger partial charge >= 0.3 is 0 Å².